The molecule has 4 bridgehead atoms. The Hall–Kier alpha value is -2.13. The molecule has 4 aliphatic carbocycles. The summed E-state index contributed by atoms with van der Waals surface area (Å²) in [6.07, 6.45) is 3.67. The van der Waals surface area contributed by atoms with Crippen LogP contribution in [0.4, 0.5) is 0 Å². The van der Waals surface area contributed by atoms with Gasteiger partial charge >= 0.3 is 0 Å². The summed E-state index contributed by atoms with van der Waals surface area (Å²) in [6, 6.07) is 14.9. The predicted molar refractivity (Wildman–Crippen MR) is 101 cm³/mol. The van der Waals surface area contributed by atoms with Gasteiger partial charge in [-0.1, -0.05) is 50.2 Å². The maximum absolute atomic E-state index is 12.8. The second-order valence-corrected chi connectivity index (χ2v) is 7.31. The van der Waals surface area contributed by atoms with Crippen LogP contribution in [0.1, 0.15) is 46.5 Å². The minimum atomic E-state index is -0.213. The molecule has 0 aliphatic heterocycles. The molecule has 25 heavy (non-hydrogen) atoms. The molecule has 0 saturated carbocycles. The highest BCUT2D eigenvalue weighted by Crippen LogP contribution is 2.19. The van der Waals surface area contributed by atoms with Crippen LogP contribution in [0.25, 0.3) is 0 Å². The molecule has 1 unspecified atom stereocenters. The number of carbonyl (C=O) groups is 1. The first kappa shape index (κ1) is 17.7. The van der Waals surface area contributed by atoms with Crippen LogP contribution in [0, 0.1) is 5.92 Å². The van der Waals surface area contributed by atoms with Gasteiger partial charge in [-0.3, -0.25) is 4.79 Å². The highest BCUT2D eigenvalue weighted by Gasteiger charge is 2.19. The molecule has 0 heterocycles. The van der Waals surface area contributed by atoms with Crippen molar-refractivity contribution < 1.29 is 9.90 Å². The lowest BCUT2D eigenvalue weighted by molar-refractivity contribution is 0.0896. The van der Waals surface area contributed by atoms with Gasteiger partial charge in [0.05, 0.1) is 12.6 Å². The first-order valence-corrected chi connectivity index (χ1v) is 9.18. The number of aliphatic hydroxyl groups is 1. The van der Waals surface area contributed by atoms with Crippen LogP contribution >= 0.6 is 0 Å². The molecule has 1 amide bonds. The molecule has 4 aliphatic rings. The van der Waals surface area contributed by atoms with E-state index >= 15 is 0 Å². The predicted octanol–water partition coefficient (Wildman–Crippen LogP) is 3.32. The highest BCUT2D eigenvalue weighted by molar-refractivity contribution is 5.96. The molecule has 0 radical (unpaired) electrons. The summed E-state index contributed by atoms with van der Waals surface area (Å²) in [4.78, 5) is 12.8. The van der Waals surface area contributed by atoms with Gasteiger partial charge in [0.15, 0.2) is 0 Å². The normalized spacial score (nSPS) is 14.9. The van der Waals surface area contributed by atoms with Gasteiger partial charge in [-0.15, -0.1) is 0 Å². The number of benzene rings is 2. The maximum atomic E-state index is 12.8. The van der Waals surface area contributed by atoms with Gasteiger partial charge in [0.25, 0.3) is 5.91 Å². The van der Waals surface area contributed by atoms with Crippen molar-refractivity contribution in [3.63, 3.8) is 0 Å². The summed E-state index contributed by atoms with van der Waals surface area (Å²) in [5, 5.41) is 12.5. The van der Waals surface area contributed by atoms with E-state index in [0.29, 0.717) is 0 Å². The zero-order valence-corrected chi connectivity index (χ0v) is 15.1. The molecule has 0 spiro atoms. The van der Waals surface area contributed by atoms with Crippen molar-refractivity contribution in [1.29, 1.82) is 0 Å². The third-order valence-electron chi connectivity index (χ3n) is 5.15. The van der Waals surface area contributed by atoms with Crippen molar-refractivity contribution in [2.24, 2.45) is 5.92 Å². The van der Waals surface area contributed by atoms with Crippen LogP contribution in [0.2, 0.25) is 0 Å². The standard InChI is InChI=1S/C22H27NO2/c1-15(2)21(14-24)23-22(25)20-13-18-8-7-16-3-5-17(6-4-16)9-11-19(20)12-10-18/h3-6,10,12-13,15,21,24H,7-9,11,14H2,1-2H3,(H,23,25). The average molecular weight is 337 g/mol. The Morgan fingerprint density at radius 3 is 2.12 bits per heavy atom. The van der Waals surface area contributed by atoms with Crippen molar-refractivity contribution in [2.75, 3.05) is 6.61 Å². The van der Waals surface area contributed by atoms with E-state index in [1.807, 2.05) is 19.9 Å². The molecule has 132 valence electrons. The van der Waals surface area contributed by atoms with Crippen molar-refractivity contribution in [3.05, 3.63) is 70.3 Å². The Morgan fingerprint density at radius 1 is 0.960 bits per heavy atom. The fraction of sp³-hybridized carbons (Fsp3) is 0.409. The summed E-state index contributed by atoms with van der Waals surface area (Å²) in [5.74, 6) is 0.125. The van der Waals surface area contributed by atoms with Gasteiger partial charge in [-0.2, -0.15) is 0 Å². The Bertz CT molecular complexity index is 734. The fourth-order valence-electron chi connectivity index (χ4n) is 3.32. The maximum Gasteiger partial charge on any atom is 0.251 e. The molecule has 3 nitrogen and oxygen atoms in total. The molecular formula is C22H27NO2. The van der Waals surface area contributed by atoms with Gasteiger partial charge in [0, 0.05) is 5.56 Å². The molecule has 2 N–H and O–H groups in total. The van der Waals surface area contributed by atoms with Crippen molar-refractivity contribution in [2.45, 2.75) is 45.6 Å². The van der Waals surface area contributed by atoms with Crippen LogP contribution in [-0.4, -0.2) is 23.7 Å². The van der Waals surface area contributed by atoms with E-state index in [4.69, 9.17) is 0 Å². The van der Waals surface area contributed by atoms with E-state index in [-0.39, 0.29) is 24.5 Å². The van der Waals surface area contributed by atoms with Crippen LogP contribution in [0.3, 0.4) is 0 Å². The number of rotatable bonds is 4. The van der Waals surface area contributed by atoms with E-state index in [1.54, 1.807) is 0 Å². The summed E-state index contributed by atoms with van der Waals surface area (Å²) in [7, 11) is 0. The monoisotopic (exact) mass is 337 g/mol. The SMILES string of the molecule is CC(C)C(CO)NC(=O)c1cc2ccc1CCc1ccc(cc1)CC2. The second kappa shape index (κ2) is 7.83. The number of hydrogen-bond donors (Lipinski definition) is 2. The topological polar surface area (TPSA) is 49.3 Å². The number of hydrogen-bond acceptors (Lipinski definition) is 2. The summed E-state index contributed by atoms with van der Waals surface area (Å²) >= 11 is 0. The summed E-state index contributed by atoms with van der Waals surface area (Å²) in [6.45, 7) is 3.98. The fourth-order valence-corrected chi connectivity index (χ4v) is 3.32. The van der Waals surface area contributed by atoms with Crippen LogP contribution < -0.4 is 5.32 Å². The lowest BCUT2D eigenvalue weighted by Crippen LogP contribution is -2.41. The van der Waals surface area contributed by atoms with E-state index < -0.39 is 0 Å². The highest BCUT2D eigenvalue weighted by atomic mass is 16.3. The third kappa shape index (κ3) is 4.29. The first-order valence-electron chi connectivity index (χ1n) is 9.18. The minimum absolute atomic E-state index is 0.0374. The molecule has 2 aromatic carbocycles. The number of carbonyl (C=O) groups excluding carboxylic acids is 1. The molecule has 0 aromatic heterocycles. The van der Waals surface area contributed by atoms with Crippen molar-refractivity contribution >= 4 is 5.91 Å². The Balaban J connectivity index is 1.88. The molecule has 0 saturated heterocycles. The number of aliphatic hydroxyl groups excluding tert-OH is 1. The largest absolute Gasteiger partial charge is 0.394 e. The molecule has 0 fully saturated rings. The van der Waals surface area contributed by atoms with Crippen LogP contribution in [0.15, 0.2) is 42.5 Å². The van der Waals surface area contributed by atoms with Gasteiger partial charge < -0.3 is 10.4 Å². The molecule has 2 aromatic rings. The van der Waals surface area contributed by atoms with Crippen LogP contribution in [-0.2, 0) is 25.7 Å². The van der Waals surface area contributed by atoms with Gasteiger partial charge in [-0.25, -0.2) is 0 Å². The molecule has 3 heteroatoms. The van der Waals surface area contributed by atoms with E-state index in [1.165, 1.54) is 16.7 Å². The zero-order valence-electron chi connectivity index (χ0n) is 15.1. The first-order chi connectivity index (χ1) is 12.1. The van der Waals surface area contributed by atoms with Gasteiger partial charge in [-0.05, 0) is 59.9 Å². The second-order valence-electron chi connectivity index (χ2n) is 7.31. The van der Waals surface area contributed by atoms with Gasteiger partial charge in [0.1, 0.15) is 0 Å². The Kier molecular flexibility index (Phi) is 5.54. The smallest absolute Gasteiger partial charge is 0.251 e. The lowest BCUT2D eigenvalue weighted by atomic mass is 9.92. The average Bonchev–Trinajstić information content (AvgIpc) is 2.61. The molecular weight excluding hydrogens is 310 g/mol. The van der Waals surface area contributed by atoms with E-state index in [9.17, 15) is 9.90 Å². The van der Waals surface area contributed by atoms with E-state index in [0.717, 1.165) is 36.8 Å². The zero-order chi connectivity index (χ0) is 17.8. The van der Waals surface area contributed by atoms with Crippen molar-refractivity contribution in [1.82, 2.24) is 5.32 Å². The summed E-state index contributed by atoms with van der Waals surface area (Å²) < 4.78 is 0. The number of amides is 1. The van der Waals surface area contributed by atoms with Crippen molar-refractivity contribution in [3.8, 4) is 0 Å². The number of nitrogens with one attached hydrogen (secondary N) is 1. The Morgan fingerprint density at radius 2 is 1.52 bits per heavy atom. The minimum Gasteiger partial charge on any atom is -0.394 e. The quantitative estimate of drug-likeness (QED) is 0.899. The third-order valence-corrected chi connectivity index (χ3v) is 5.15. The number of aryl methyl sites for hydroxylation is 4. The van der Waals surface area contributed by atoms with Gasteiger partial charge in [0.2, 0.25) is 0 Å². The van der Waals surface area contributed by atoms with Crippen LogP contribution in [0.5, 0.6) is 0 Å². The lowest BCUT2D eigenvalue weighted by Gasteiger charge is -2.21. The molecule has 1 atom stereocenters. The molecule has 6 rings (SSSR count). The van der Waals surface area contributed by atoms with E-state index in [2.05, 4.69) is 41.7 Å². The Labute approximate surface area is 150 Å². The summed E-state index contributed by atoms with van der Waals surface area (Å²) in [5.41, 5.74) is 5.65.